The van der Waals surface area contributed by atoms with Crippen molar-refractivity contribution in [3.63, 3.8) is 0 Å². The fourth-order valence-corrected chi connectivity index (χ4v) is 2.38. The number of aromatic nitrogens is 2. The molecule has 0 bridgehead atoms. The Morgan fingerprint density at radius 2 is 2.14 bits per heavy atom. The van der Waals surface area contributed by atoms with Gasteiger partial charge in [-0.3, -0.25) is 4.79 Å². The molecular formula is C16H14ClN3O2. The highest BCUT2D eigenvalue weighted by atomic mass is 35.5. The molecule has 3 aromatic rings. The number of anilines is 1. The number of phenols is 1. The molecule has 3 rings (SSSR count). The van der Waals surface area contributed by atoms with Crippen LogP contribution in [0.2, 0.25) is 5.02 Å². The Morgan fingerprint density at radius 1 is 1.32 bits per heavy atom. The Morgan fingerprint density at radius 3 is 2.95 bits per heavy atom. The second-order valence-electron chi connectivity index (χ2n) is 5.09. The molecule has 0 spiro atoms. The highest BCUT2D eigenvalue weighted by Gasteiger charge is 2.10. The molecule has 0 unspecified atom stereocenters. The number of hydrogen-bond acceptors (Lipinski definition) is 3. The van der Waals surface area contributed by atoms with Crippen molar-refractivity contribution in [3.8, 4) is 5.75 Å². The smallest absolute Gasteiger partial charge is 0.230 e. The van der Waals surface area contributed by atoms with Crippen molar-refractivity contribution >= 4 is 28.8 Å². The summed E-state index contributed by atoms with van der Waals surface area (Å²) in [4.78, 5) is 16.4. The number of phenolic OH excluding ortho intramolecular Hbond substituents is 1. The Hall–Kier alpha value is -2.53. The first kappa shape index (κ1) is 14.4. The Kier molecular flexibility index (Phi) is 3.73. The number of imidazole rings is 1. The Labute approximate surface area is 132 Å². The summed E-state index contributed by atoms with van der Waals surface area (Å²) in [5, 5.41) is 13.0. The van der Waals surface area contributed by atoms with Gasteiger partial charge in [0.25, 0.3) is 0 Å². The summed E-state index contributed by atoms with van der Waals surface area (Å²) < 4.78 is 1.77. The molecule has 22 heavy (non-hydrogen) atoms. The second kappa shape index (κ2) is 5.69. The predicted molar refractivity (Wildman–Crippen MR) is 85.4 cm³/mol. The van der Waals surface area contributed by atoms with Crippen LogP contribution in [-0.4, -0.2) is 20.4 Å². The van der Waals surface area contributed by atoms with Gasteiger partial charge < -0.3 is 14.8 Å². The van der Waals surface area contributed by atoms with E-state index in [0.29, 0.717) is 16.4 Å². The number of pyridine rings is 1. The summed E-state index contributed by atoms with van der Waals surface area (Å²) in [6, 6.07) is 8.58. The van der Waals surface area contributed by atoms with Gasteiger partial charge in [-0.2, -0.15) is 0 Å². The van der Waals surface area contributed by atoms with E-state index in [1.54, 1.807) is 47.1 Å². The average molecular weight is 316 g/mol. The number of halogens is 1. The number of rotatable bonds is 3. The molecule has 112 valence electrons. The lowest BCUT2D eigenvalue weighted by atomic mass is 10.2. The normalized spacial score (nSPS) is 10.8. The van der Waals surface area contributed by atoms with Gasteiger partial charge in [0.15, 0.2) is 0 Å². The van der Waals surface area contributed by atoms with E-state index in [1.807, 2.05) is 6.92 Å². The number of fused-ring (bicyclic) bond motifs is 1. The number of aryl methyl sites for hydroxylation is 1. The summed E-state index contributed by atoms with van der Waals surface area (Å²) in [5.74, 6) is -0.198. The quantitative estimate of drug-likeness (QED) is 0.729. The van der Waals surface area contributed by atoms with E-state index in [4.69, 9.17) is 11.6 Å². The molecule has 0 aliphatic carbocycles. The first-order valence-electron chi connectivity index (χ1n) is 6.74. The molecule has 0 aliphatic heterocycles. The third-order valence-corrected chi connectivity index (χ3v) is 3.46. The number of nitrogens with one attached hydrogen (secondary N) is 1. The minimum atomic E-state index is -0.240. The van der Waals surface area contributed by atoms with Gasteiger partial charge in [-0.1, -0.05) is 17.7 Å². The number of benzene rings is 1. The largest absolute Gasteiger partial charge is 0.506 e. The van der Waals surface area contributed by atoms with Crippen LogP contribution in [0.4, 0.5) is 5.69 Å². The van der Waals surface area contributed by atoms with E-state index in [0.717, 1.165) is 11.2 Å². The molecule has 6 heteroatoms. The highest BCUT2D eigenvalue weighted by Crippen LogP contribution is 2.24. The van der Waals surface area contributed by atoms with Gasteiger partial charge in [0.2, 0.25) is 5.91 Å². The van der Waals surface area contributed by atoms with Crippen molar-refractivity contribution in [2.45, 2.75) is 13.3 Å². The summed E-state index contributed by atoms with van der Waals surface area (Å²) in [7, 11) is 0. The van der Waals surface area contributed by atoms with Crippen molar-refractivity contribution in [1.29, 1.82) is 0 Å². The van der Waals surface area contributed by atoms with E-state index in [-0.39, 0.29) is 18.1 Å². The summed E-state index contributed by atoms with van der Waals surface area (Å²) in [6.07, 6.45) is 3.61. The molecule has 0 atom stereocenters. The molecule has 2 heterocycles. The molecule has 2 N–H and O–H groups in total. The number of hydrogen-bond donors (Lipinski definition) is 2. The topological polar surface area (TPSA) is 66.6 Å². The van der Waals surface area contributed by atoms with Gasteiger partial charge in [0.05, 0.1) is 22.8 Å². The summed E-state index contributed by atoms with van der Waals surface area (Å²) in [5.41, 5.74) is 2.71. The maximum atomic E-state index is 12.1. The van der Waals surface area contributed by atoms with E-state index in [1.165, 1.54) is 0 Å². The number of aromatic hydroxyl groups is 1. The molecule has 0 fully saturated rings. The second-order valence-corrected chi connectivity index (χ2v) is 5.53. The Balaban J connectivity index is 1.76. The molecule has 2 aromatic heterocycles. The van der Waals surface area contributed by atoms with Crippen LogP contribution in [0, 0.1) is 6.92 Å². The average Bonchev–Trinajstić information content (AvgIpc) is 2.84. The van der Waals surface area contributed by atoms with Crippen LogP contribution in [-0.2, 0) is 11.2 Å². The maximum Gasteiger partial charge on any atom is 0.230 e. The molecule has 0 saturated carbocycles. The van der Waals surface area contributed by atoms with Crippen molar-refractivity contribution < 1.29 is 9.90 Å². The molecule has 0 radical (unpaired) electrons. The fourth-order valence-electron chi connectivity index (χ4n) is 2.21. The first-order chi connectivity index (χ1) is 10.5. The van der Waals surface area contributed by atoms with Gasteiger partial charge in [-0.05, 0) is 36.8 Å². The zero-order valence-corrected chi connectivity index (χ0v) is 12.6. The zero-order chi connectivity index (χ0) is 15.7. The van der Waals surface area contributed by atoms with Gasteiger partial charge >= 0.3 is 0 Å². The van der Waals surface area contributed by atoms with Crippen LogP contribution in [0.25, 0.3) is 5.65 Å². The summed E-state index contributed by atoms with van der Waals surface area (Å²) >= 11 is 5.92. The molecule has 1 amide bonds. The molecule has 5 nitrogen and oxygen atoms in total. The Bertz CT molecular complexity index is 858. The lowest BCUT2D eigenvalue weighted by Crippen LogP contribution is -2.14. The van der Waals surface area contributed by atoms with Gasteiger partial charge in [-0.25, -0.2) is 4.98 Å². The van der Waals surface area contributed by atoms with E-state index in [2.05, 4.69) is 10.3 Å². The SMILES string of the molecule is Cc1ccc(O)c(NC(=O)Cc2cn3cc(Cl)ccc3n2)c1. The van der Waals surface area contributed by atoms with Crippen LogP contribution in [0.15, 0.2) is 42.7 Å². The van der Waals surface area contributed by atoms with E-state index < -0.39 is 0 Å². The van der Waals surface area contributed by atoms with Gasteiger partial charge in [0.1, 0.15) is 11.4 Å². The summed E-state index contributed by atoms with van der Waals surface area (Å²) in [6.45, 7) is 1.89. The number of nitrogens with zero attached hydrogens (tertiary/aromatic N) is 2. The lowest BCUT2D eigenvalue weighted by Gasteiger charge is -2.07. The fraction of sp³-hybridized carbons (Fsp3) is 0.125. The molecular weight excluding hydrogens is 302 g/mol. The maximum absolute atomic E-state index is 12.1. The minimum Gasteiger partial charge on any atom is -0.506 e. The molecule has 1 aromatic carbocycles. The molecule has 0 aliphatic rings. The first-order valence-corrected chi connectivity index (χ1v) is 7.12. The standard InChI is InChI=1S/C16H14ClN3O2/c1-10-2-4-14(21)13(6-10)19-16(22)7-12-9-20-8-11(17)3-5-15(20)18-12/h2-6,8-9,21H,7H2,1H3,(H,19,22). The van der Waals surface area contributed by atoms with Crippen molar-refractivity contribution in [1.82, 2.24) is 9.38 Å². The van der Waals surface area contributed by atoms with E-state index >= 15 is 0 Å². The highest BCUT2D eigenvalue weighted by molar-refractivity contribution is 6.30. The predicted octanol–water partition coefficient (Wildman–Crippen LogP) is 3.18. The van der Waals surface area contributed by atoms with Crippen molar-refractivity contribution in [2.24, 2.45) is 0 Å². The zero-order valence-electron chi connectivity index (χ0n) is 11.9. The van der Waals surface area contributed by atoms with Gasteiger partial charge in [0, 0.05) is 12.4 Å². The number of carbonyl (C=O) groups excluding carboxylic acids is 1. The molecule has 0 saturated heterocycles. The number of amides is 1. The third kappa shape index (κ3) is 3.04. The van der Waals surface area contributed by atoms with Crippen LogP contribution < -0.4 is 5.32 Å². The number of carbonyl (C=O) groups is 1. The van der Waals surface area contributed by atoms with Crippen LogP contribution in [0.5, 0.6) is 5.75 Å². The van der Waals surface area contributed by atoms with Crippen molar-refractivity contribution in [3.05, 3.63) is 59.0 Å². The third-order valence-electron chi connectivity index (χ3n) is 3.23. The van der Waals surface area contributed by atoms with Crippen LogP contribution in [0.1, 0.15) is 11.3 Å². The van der Waals surface area contributed by atoms with Crippen molar-refractivity contribution in [2.75, 3.05) is 5.32 Å². The minimum absolute atomic E-state index is 0.0423. The van der Waals surface area contributed by atoms with Gasteiger partial charge in [-0.15, -0.1) is 0 Å². The lowest BCUT2D eigenvalue weighted by molar-refractivity contribution is -0.115. The van der Waals surface area contributed by atoms with Crippen LogP contribution >= 0.6 is 11.6 Å². The van der Waals surface area contributed by atoms with Crippen LogP contribution in [0.3, 0.4) is 0 Å². The van der Waals surface area contributed by atoms with E-state index in [9.17, 15) is 9.90 Å². The monoisotopic (exact) mass is 315 g/mol.